The Morgan fingerprint density at radius 2 is 1.93 bits per heavy atom. The van der Waals surface area contributed by atoms with Crippen LogP contribution in [-0.2, 0) is 23.9 Å². The van der Waals surface area contributed by atoms with Gasteiger partial charge < -0.3 is 9.47 Å². The first-order valence-corrected chi connectivity index (χ1v) is 5.44. The van der Waals surface area contributed by atoms with E-state index in [9.17, 15) is 14.4 Å². The molecule has 2 aliphatic heterocycles. The second-order valence-corrected chi connectivity index (χ2v) is 4.17. The van der Waals surface area contributed by atoms with E-state index in [1.807, 2.05) is 0 Å². The smallest absolute Gasteiger partial charge is 0.394 e. The van der Waals surface area contributed by atoms with E-state index < -0.39 is 23.6 Å². The zero-order chi connectivity index (χ0) is 11.1. The second-order valence-electron chi connectivity index (χ2n) is 3.08. The summed E-state index contributed by atoms with van der Waals surface area (Å²) in [6, 6.07) is 0. The van der Waals surface area contributed by atoms with Crippen LogP contribution in [-0.4, -0.2) is 40.3 Å². The van der Waals surface area contributed by atoms with Gasteiger partial charge in [-0.2, -0.15) is 0 Å². The highest BCUT2D eigenvalue weighted by Gasteiger charge is 2.55. The summed E-state index contributed by atoms with van der Waals surface area (Å²) in [7, 11) is 0. The van der Waals surface area contributed by atoms with Crippen LogP contribution in [0.15, 0.2) is 0 Å². The number of carbonyl (C=O) groups is 3. The Labute approximate surface area is 89.9 Å². The standard InChI is InChI=1S/C8H9NO5S/c1-2-9-5(10)4-15-8(9)13-6(11)3-7(12)14-8/h2-4H2,1H3. The van der Waals surface area contributed by atoms with Crippen molar-refractivity contribution in [3.05, 3.63) is 0 Å². The monoisotopic (exact) mass is 231 g/mol. The van der Waals surface area contributed by atoms with Crippen LogP contribution < -0.4 is 0 Å². The zero-order valence-electron chi connectivity index (χ0n) is 8.02. The molecule has 2 rings (SSSR count). The Hall–Kier alpha value is -1.24. The highest BCUT2D eigenvalue weighted by atomic mass is 32.2. The third kappa shape index (κ3) is 1.56. The number of hydrogen-bond donors (Lipinski definition) is 0. The van der Waals surface area contributed by atoms with E-state index in [-0.39, 0.29) is 11.7 Å². The number of ether oxygens (including phenoxy) is 2. The van der Waals surface area contributed by atoms with E-state index in [0.29, 0.717) is 6.54 Å². The maximum Gasteiger partial charge on any atom is 0.400 e. The van der Waals surface area contributed by atoms with Gasteiger partial charge in [-0.25, -0.2) is 0 Å². The van der Waals surface area contributed by atoms with E-state index in [4.69, 9.17) is 9.47 Å². The second kappa shape index (κ2) is 3.41. The first-order chi connectivity index (χ1) is 7.07. The summed E-state index contributed by atoms with van der Waals surface area (Å²) in [6.07, 6.45) is -0.395. The van der Waals surface area contributed by atoms with Gasteiger partial charge in [-0.15, -0.1) is 0 Å². The normalized spacial score (nSPS) is 24.3. The molecular weight excluding hydrogens is 222 g/mol. The molecular formula is C8H9NO5S. The van der Waals surface area contributed by atoms with Crippen LogP contribution >= 0.6 is 11.8 Å². The van der Waals surface area contributed by atoms with Crippen molar-refractivity contribution in [2.45, 2.75) is 18.6 Å². The van der Waals surface area contributed by atoms with Gasteiger partial charge in [-0.3, -0.25) is 19.3 Å². The fourth-order valence-electron chi connectivity index (χ4n) is 1.50. The lowest BCUT2D eigenvalue weighted by atomic mass is 10.4. The molecule has 2 aliphatic rings. The largest absolute Gasteiger partial charge is 0.400 e. The fraction of sp³-hybridized carbons (Fsp3) is 0.625. The average Bonchev–Trinajstić information content (AvgIpc) is 2.41. The van der Waals surface area contributed by atoms with Crippen molar-refractivity contribution >= 4 is 29.6 Å². The molecule has 6 nitrogen and oxygen atoms in total. The first-order valence-electron chi connectivity index (χ1n) is 4.45. The minimum Gasteiger partial charge on any atom is -0.394 e. The topological polar surface area (TPSA) is 72.9 Å². The van der Waals surface area contributed by atoms with Crippen LogP contribution in [0.5, 0.6) is 0 Å². The van der Waals surface area contributed by atoms with Gasteiger partial charge >= 0.3 is 17.2 Å². The minimum atomic E-state index is -1.54. The summed E-state index contributed by atoms with van der Waals surface area (Å²) in [5.41, 5.74) is 0. The van der Waals surface area contributed by atoms with Crippen LogP contribution in [0.4, 0.5) is 0 Å². The molecule has 1 amide bonds. The maximum atomic E-state index is 11.4. The van der Waals surface area contributed by atoms with Gasteiger partial charge in [-0.1, -0.05) is 0 Å². The minimum absolute atomic E-state index is 0.147. The Morgan fingerprint density at radius 3 is 2.47 bits per heavy atom. The van der Waals surface area contributed by atoms with Crippen LogP contribution in [0.1, 0.15) is 13.3 Å². The number of rotatable bonds is 1. The molecule has 0 unspecified atom stereocenters. The van der Waals surface area contributed by atoms with Crippen LogP contribution in [0.3, 0.4) is 0 Å². The number of thioether (sulfide) groups is 1. The van der Waals surface area contributed by atoms with Gasteiger partial charge in [0.1, 0.15) is 6.42 Å². The van der Waals surface area contributed by atoms with Crippen molar-refractivity contribution in [3.8, 4) is 0 Å². The molecule has 0 aromatic rings. The fourth-order valence-corrected chi connectivity index (χ4v) is 2.65. The maximum absolute atomic E-state index is 11.4. The van der Waals surface area contributed by atoms with E-state index in [0.717, 1.165) is 11.8 Å². The van der Waals surface area contributed by atoms with Gasteiger partial charge in [0.05, 0.1) is 5.75 Å². The molecule has 15 heavy (non-hydrogen) atoms. The lowest BCUT2D eigenvalue weighted by molar-refractivity contribution is -0.246. The third-order valence-corrected chi connectivity index (χ3v) is 3.24. The van der Waals surface area contributed by atoms with Crippen molar-refractivity contribution in [1.82, 2.24) is 4.90 Å². The number of carbonyl (C=O) groups excluding carboxylic acids is 3. The van der Waals surface area contributed by atoms with Gasteiger partial charge in [0.25, 0.3) is 0 Å². The Morgan fingerprint density at radius 1 is 1.33 bits per heavy atom. The molecule has 2 heterocycles. The molecule has 0 radical (unpaired) electrons. The predicted molar refractivity (Wildman–Crippen MR) is 49.4 cm³/mol. The molecule has 82 valence electrons. The van der Waals surface area contributed by atoms with Crippen molar-refractivity contribution in [3.63, 3.8) is 0 Å². The van der Waals surface area contributed by atoms with Gasteiger partial charge in [-0.05, 0) is 18.7 Å². The number of amides is 1. The number of hydrogen-bond acceptors (Lipinski definition) is 6. The van der Waals surface area contributed by atoms with Crippen LogP contribution in [0.2, 0.25) is 0 Å². The van der Waals surface area contributed by atoms with Gasteiger partial charge in [0.15, 0.2) is 0 Å². The molecule has 1 spiro atoms. The Bertz CT molecular complexity index is 326. The average molecular weight is 231 g/mol. The highest BCUT2D eigenvalue weighted by Crippen LogP contribution is 2.41. The molecule has 0 saturated carbocycles. The molecule has 0 N–H and O–H groups in total. The summed E-state index contributed by atoms with van der Waals surface area (Å²) in [4.78, 5) is 34.9. The van der Waals surface area contributed by atoms with Crippen LogP contribution in [0, 0.1) is 0 Å². The zero-order valence-corrected chi connectivity index (χ0v) is 8.83. The van der Waals surface area contributed by atoms with Gasteiger partial charge in [0, 0.05) is 6.54 Å². The summed E-state index contributed by atoms with van der Waals surface area (Å²) in [5, 5.41) is -1.54. The molecule has 0 atom stereocenters. The van der Waals surface area contributed by atoms with Gasteiger partial charge in [0.2, 0.25) is 5.91 Å². The van der Waals surface area contributed by atoms with Crippen molar-refractivity contribution < 1.29 is 23.9 Å². The molecule has 0 aromatic carbocycles. The summed E-state index contributed by atoms with van der Waals surface area (Å²) in [6.45, 7) is 2.05. The van der Waals surface area contributed by atoms with E-state index in [1.54, 1.807) is 6.92 Å². The predicted octanol–water partition coefficient (Wildman–Crippen LogP) is -0.317. The lowest BCUT2D eigenvalue weighted by Gasteiger charge is -2.36. The Kier molecular flexibility index (Phi) is 2.34. The Balaban J connectivity index is 2.28. The number of esters is 2. The van der Waals surface area contributed by atoms with E-state index in [2.05, 4.69) is 0 Å². The molecule has 7 heteroatoms. The summed E-state index contributed by atoms with van der Waals surface area (Å²) >= 11 is 1.00. The highest BCUT2D eigenvalue weighted by molar-refractivity contribution is 8.01. The quantitative estimate of drug-likeness (QED) is 0.455. The SMILES string of the molecule is CCN1C(=O)CSC12OC(=O)CC(=O)O2. The summed E-state index contributed by atoms with van der Waals surface area (Å²) < 4.78 is 9.93. The first kappa shape index (κ1) is 10.3. The molecule has 2 fully saturated rings. The lowest BCUT2D eigenvalue weighted by Crippen LogP contribution is -2.53. The van der Waals surface area contributed by atoms with Crippen molar-refractivity contribution in [2.24, 2.45) is 0 Å². The third-order valence-electron chi connectivity index (χ3n) is 2.10. The van der Waals surface area contributed by atoms with Crippen molar-refractivity contribution in [2.75, 3.05) is 12.3 Å². The van der Waals surface area contributed by atoms with Crippen molar-refractivity contribution in [1.29, 1.82) is 0 Å². The molecule has 0 aromatic heterocycles. The molecule has 2 saturated heterocycles. The van der Waals surface area contributed by atoms with Crippen LogP contribution in [0.25, 0.3) is 0 Å². The van der Waals surface area contributed by atoms with E-state index >= 15 is 0 Å². The summed E-state index contributed by atoms with van der Waals surface area (Å²) in [5.74, 6) is -1.38. The van der Waals surface area contributed by atoms with E-state index in [1.165, 1.54) is 4.90 Å². The number of nitrogens with zero attached hydrogens (tertiary/aromatic N) is 1. The molecule has 0 bridgehead atoms. The molecule has 0 aliphatic carbocycles.